The topological polar surface area (TPSA) is 58.3 Å². The van der Waals surface area contributed by atoms with E-state index in [0.29, 0.717) is 27.2 Å². The summed E-state index contributed by atoms with van der Waals surface area (Å²) in [7, 11) is 0. The molecule has 4 aromatic rings. The Morgan fingerprint density at radius 3 is 2.34 bits per heavy atom. The van der Waals surface area contributed by atoms with E-state index in [0.717, 1.165) is 0 Å². The first-order valence-corrected chi connectivity index (χ1v) is 10.3. The van der Waals surface area contributed by atoms with Gasteiger partial charge < -0.3 is 10.2 Å². The van der Waals surface area contributed by atoms with E-state index < -0.39 is 24.6 Å². The van der Waals surface area contributed by atoms with Crippen molar-refractivity contribution in [3.8, 4) is 11.4 Å². The van der Waals surface area contributed by atoms with E-state index in [1.807, 2.05) is 0 Å². The molecular formula is C23H17Cl2F3N2O2. The van der Waals surface area contributed by atoms with Crippen molar-refractivity contribution in [2.75, 3.05) is 0 Å². The Bertz CT molecular complexity index is 1260. The number of halogens is 5. The Morgan fingerprint density at radius 2 is 1.69 bits per heavy atom. The SMILES string of the molecule is Oc1ccc(-n2ncc3cc(C(O)C(CC(F)(F)F)c4ccc(Cl)cc4Cl)ccc32)cc1. The Morgan fingerprint density at radius 1 is 0.969 bits per heavy atom. The Hall–Kier alpha value is -2.74. The summed E-state index contributed by atoms with van der Waals surface area (Å²) in [5, 5.41) is 25.7. The lowest BCUT2D eigenvalue weighted by Gasteiger charge is -2.26. The van der Waals surface area contributed by atoms with Crippen LogP contribution in [-0.2, 0) is 0 Å². The van der Waals surface area contributed by atoms with Crippen LogP contribution in [0.3, 0.4) is 0 Å². The number of fused-ring (bicyclic) bond motifs is 1. The van der Waals surface area contributed by atoms with Gasteiger partial charge in [0.15, 0.2) is 0 Å². The van der Waals surface area contributed by atoms with Gasteiger partial charge in [0.2, 0.25) is 0 Å². The Kier molecular flexibility index (Phi) is 6.07. The monoisotopic (exact) mass is 480 g/mol. The second-order valence-electron chi connectivity index (χ2n) is 7.43. The molecule has 4 rings (SSSR count). The molecule has 0 saturated heterocycles. The second kappa shape index (κ2) is 8.65. The van der Waals surface area contributed by atoms with E-state index in [2.05, 4.69) is 5.10 Å². The predicted octanol–water partition coefficient (Wildman–Crippen LogP) is 6.81. The molecule has 0 amide bonds. The molecule has 3 aromatic carbocycles. The van der Waals surface area contributed by atoms with Gasteiger partial charge in [0, 0.05) is 21.3 Å². The maximum atomic E-state index is 13.3. The molecule has 2 atom stereocenters. The molecule has 0 aliphatic rings. The maximum Gasteiger partial charge on any atom is 0.389 e. The number of aromatic hydroxyl groups is 1. The third kappa shape index (κ3) is 4.70. The number of rotatable bonds is 5. The zero-order valence-corrected chi connectivity index (χ0v) is 17.9. The fourth-order valence-corrected chi connectivity index (χ4v) is 4.26. The number of aliphatic hydroxyl groups excluding tert-OH is 1. The zero-order chi connectivity index (χ0) is 23.0. The molecule has 4 nitrogen and oxygen atoms in total. The molecule has 1 heterocycles. The van der Waals surface area contributed by atoms with Crippen molar-refractivity contribution in [2.24, 2.45) is 0 Å². The number of hydrogen-bond acceptors (Lipinski definition) is 3. The van der Waals surface area contributed by atoms with E-state index in [4.69, 9.17) is 23.2 Å². The molecule has 32 heavy (non-hydrogen) atoms. The normalized spacial score (nSPS) is 13.9. The fourth-order valence-electron chi connectivity index (χ4n) is 3.71. The van der Waals surface area contributed by atoms with Gasteiger partial charge >= 0.3 is 6.18 Å². The molecule has 0 bridgehead atoms. The van der Waals surface area contributed by atoms with Gasteiger partial charge in [0.1, 0.15) is 5.75 Å². The van der Waals surface area contributed by atoms with E-state index in [-0.39, 0.29) is 16.3 Å². The lowest BCUT2D eigenvalue weighted by molar-refractivity contribution is -0.144. The lowest BCUT2D eigenvalue weighted by atomic mass is 9.86. The summed E-state index contributed by atoms with van der Waals surface area (Å²) in [4.78, 5) is 0. The van der Waals surface area contributed by atoms with Gasteiger partial charge in [-0.1, -0.05) is 35.3 Å². The minimum Gasteiger partial charge on any atom is -0.508 e. The van der Waals surface area contributed by atoms with Crippen molar-refractivity contribution < 1.29 is 23.4 Å². The molecule has 0 spiro atoms. The van der Waals surface area contributed by atoms with Crippen LogP contribution in [0.15, 0.2) is 66.9 Å². The van der Waals surface area contributed by atoms with Crippen molar-refractivity contribution in [3.05, 3.63) is 88.0 Å². The van der Waals surface area contributed by atoms with Gasteiger partial charge in [-0.15, -0.1) is 0 Å². The highest BCUT2D eigenvalue weighted by molar-refractivity contribution is 6.35. The van der Waals surface area contributed by atoms with Crippen LogP contribution < -0.4 is 0 Å². The van der Waals surface area contributed by atoms with Gasteiger partial charge in [0.05, 0.1) is 29.9 Å². The molecule has 0 radical (unpaired) electrons. The summed E-state index contributed by atoms with van der Waals surface area (Å²) >= 11 is 12.1. The first kappa shape index (κ1) is 22.5. The molecule has 166 valence electrons. The molecule has 1 aromatic heterocycles. The minimum atomic E-state index is -4.51. The van der Waals surface area contributed by atoms with E-state index in [9.17, 15) is 23.4 Å². The van der Waals surface area contributed by atoms with Gasteiger partial charge in [0.25, 0.3) is 0 Å². The van der Waals surface area contributed by atoms with Crippen LogP contribution in [0.4, 0.5) is 13.2 Å². The van der Waals surface area contributed by atoms with Gasteiger partial charge in [-0.3, -0.25) is 0 Å². The second-order valence-corrected chi connectivity index (χ2v) is 8.27. The van der Waals surface area contributed by atoms with Gasteiger partial charge in [-0.05, 0) is 59.7 Å². The van der Waals surface area contributed by atoms with Crippen molar-refractivity contribution in [2.45, 2.75) is 24.6 Å². The van der Waals surface area contributed by atoms with Crippen molar-refractivity contribution in [1.29, 1.82) is 0 Å². The number of aromatic nitrogens is 2. The van der Waals surface area contributed by atoms with E-state index >= 15 is 0 Å². The third-order valence-electron chi connectivity index (χ3n) is 5.22. The summed E-state index contributed by atoms with van der Waals surface area (Å²) < 4.78 is 41.7. The molecule has 2 unspecified atom stereocenters. The number of phenols is 1. The van der Waals surface area contributed by atoms with Crippen molar-refractivity contribution in [3.63, 3.8) is 0 Å². The number of hydrogen-bond donors (Lipinski definition) is 2. The zero-order valence-electron chi connectivity index (χ0n) is 16.4. The number of phenolic OH excluding ortho intramolecular Hbond substituents is 1. The summed E-state index contributed by atoms with van der Waals surface area (Å²) in [6, 6.07) is 15.5. The smallest absolute Gasteiger partial charge is 0.389 e. The summed E-state index contributed by atoms with van der Waals surface area (Å²) in [5.74, 6) is -1.20. The van der Waals surface area contributed by atoms with Gasteiger partial charge in [-0.2, -0.15) is 18.3 Å². The van der Waals surface area contributed by atoms with Crippen LogP contribution in [0.5, 0.6) is 5.75 Å². The standard InChI is InChI=1S/C23H17Cl2F3N2O2/c24-15-2-7-18(20(25)10-15)19(11-23(26,27)28)22(32)13-1-8-21-14(9-13)12-29-30(21)16-3-5-17(31)6-4-16/h1-10,12,19,22,31-32H,11H2. The minimum absolute atomic E-state index is 0.0621. The molecular weight excluding hydrogens is 464 g/mol. The Labute approximate surface area is 191 Å². The molecule has 0 saturated carbocycles. The molecule has 2 N–H and O–H groups in total. The van der Waals surface area contributed by atoms with Crippen LogP contribution in [-0.4, -0.2) is 26.2 Å². The third-order valence-corrected chi connectivity index (χ3v) is 5.78. The van der Waals surface area contributed by atoms with Gasteiger partial charge in [-0.25, -0.2) is 4.68 Å². The fraction of sp³-hybridized carbons (Fsp3) is 0.174. The first-order chi connectivity index (χ1) is 15.1. The van der Waals surface area contributed by atoms with Crippen molar-refractivity contribution in [1.82, 2.24) is 9.78 Å². The number of alkyl halides is 3. The summed E-state index contributed by atoms with van der Waals surface area (Å²) in [6.07, 6.45) is -5.66. The van der Waals surface area contributed by atoms with Crippen LogP contribution >= 0.6 is 23.2 Å². The average Bonchev–Trinajstić information content (AvgIpc) is 3.15. The van der Waals surface area contributed by atoms with Crippen molar-refractivity contribution >= 4 is 34.1 Å². The molecule has 0 fully saturated rings. The largest absolute Gasteiger partial charge is 0.508 e. The summed E-state index contributed by atoms with van der Waals surface area (Å²) in [5.41, 5.74) is 1.88. The van der Waals surface area contributed by atoms with Crippen LogP contribution in [0.1, 0.15) is 29.6 Å². The Balaban J connectivity index is 1.72. The summed E-state index contributed by atoms with van der Waals surface area (Å²) in [6.45, 7) is 0. The highest BCUT2D eigenvalue weighted by Crippen LogP contribution is 2.43. The maximum absolute atomic E-state index is 13.3. The number of aliphatic hydroxyl groups is 1. The van der Waals surface area contributed by atoms with Crippen LogP contribution in [0, 0.1) is 0 Å². The lowest BCUT2D eigenvalue weighted by Crippen LogP contribution is -2.20. The number of benzene rings is 3. The quantitative estimate of drug-likeness (QED) is 0.329. The van der Waals surface area contributed by atoms with E-state index in [1.165, 1.54) is 30.3 Å². The number of nitrogens with zero attached hydrogens (tertiary/aromatic N) is 2. The average molecular weight is 481 g/mol. The first-order valence-electron chi connectivity index (χ1n) is 9.59. The van der Waals surface area contributed by atoms with Crippen LogP contribution in [0.2, 0.25) is 10.0 Å². The highest BCUT2D eigenvalue weighted by Gasteiger charge is 2.37. The van der Waals surface area contributed by atoms with Crippen LogP contribution in [0.25, 0.3) is 16.6 Å². The molecule has 0 aliphatic heterocycles. The van der Waals surface area contributed by atoms with E-state index in [1.54, 1.807) is 41.2 Å². The molecule has 0 aliphatic carbocycles. The predicted molar refractivity (Wildman–Crippen MR) is 118 cm³/mol. The highest BCUT2D eigenvalue weighted by atomic mass is 35.5. The molecule has 9 heteroatoms.